The van der Waals surface area contributed by atoms with Gasteiger partial charge in [0.25, 0.3) is 0 Å². The molecule has 1 atom stereocenters. The highest BCUT2D eigenvalue weighted by Crippen LogP contribution is 2.45. The monoisotopic (exact) mass is 352 g/mol. The van der Waals surface area contributed by atoms with Crippen LogP contribution in [-0.2, 0) is 5.41 Å². The molecule has 0 saturated heterocycles. The Balaban J connectivity index is 2.55. The van der Waals surface area contributed by atoms with E-state index in [0.717, 1.165) is 6.42 Å². The Morgan fingerprint density at radius 1 is 0.808 bits per heavy atom. The zero-order valence-corrected chi connectivity index (χ0v) is 16.7. The molecule has 26 heavy (non-hydrogen) atoms. The smallest absolute Gasteiger partial charge is 0.0370 e. The summed E-state index contributed by atoms with van der Waals surface area (Å²) in [5, 5.41) is 0. The largest absolute Gasteiger partial charge is 0.329 e. The molecule has 2 rings (SSSR count). The summed E-state index contributed by atoms with van der Waals surface area (Å²) >= 11 is 0. The van der Waals surface area contributed by atoms with Gasteiger partial charge in [0.2, 0.25) is 0 Å². The molecule has 1 unspecified atom stereocenters. The number of hydrogen-bond donors (Lipinski definition) is 2. The first-order valence-electron chi connectivity index (χ1n) is 10.1. The van der Waals surface area contributed by atoms with E-state index in [1.54, 1.807) is 0 Å². The minimum Gasteiger partial charge on any atom is -0.329 e. The van der Waals surface area contributed by atoms with E-state index in [4.69, 9.17) is 11.5 Å². The summed E-state index contributed by atoms with van der Waals surface area (Å²) in [6.45, 7) is 7.13. The van der Waals surface area contributed by atoms with E-state index in [0.29, 0.717) is 6.54 Å². The Kier molecular flexibility index (Phi) is 7.43. The van der Waals surface area contributed by atoms with Crippen LogP contribution < -0.4 is 11.5 Å². The lowest BCUT2D eigenvalue weighted by Gasteiger charge is -2.47. The molecular weight excluding hydrogens is 316 g/mol. The van der Waals surface area contributed by atoms with E-state index >= 15 is 0 Å². The first-order chi connectivity index (χ1) is 12.5. The molecule has 4 N–H and O–H groups in total. The Morgan fingerprint density at radius 2 is 1.31 bits per heavy atom. The first kappa shape index (κ1) is 20.7. The van der Waals surface area contributed by atoms with Crippen molar-refractivity contribution in [2.24, 2.45) is 17.4 Å². The van der Waals surface area contributed by atoms with Crippen molar-refractivity contribution >= 4 is 0 Å². The molecule has 2 aromatic carbocycles. The highest BCUT2D eigenvalue weighted by molar-refractivity contribution is 5.42. The van der Waals surface area contributed by atoms with E-state index in [9.17, 15) is 0 Å². The molecule has 0 spiro atoms. The normalized spacial score (nSPS) is 13.6. The third-order valence-electron chi connectivity index (χ3n) is 5.74. The van der Waals surface area contributed by atoms with Gasteiger partial charge in [-0.05, 0) is 37.3 Å². The maximum atomic E-state index is 6.78. The molecule has 142 valence electrons. The van der Waals surface area contributed by atoms with Gasteiger partial charge in [-0.2, -0.15) is 0 Å². The van der Waals surface area contributed by atoms with E-state index in [1.165, 1.54) is 36.8 Å². The minimum absolute atomic E-state index is 0.265. The first-order valence-corrected chi connectivity index (χ1v) is 10.1. The maximum absolute atomic E-state index is 6.78. The second-order valence-electron chi connectivity index (χ2n) is 8.13. The SMILES string of the molecule is CCCCCCC(C(C)(C)N)C(CN)(c1ccccc1)c1ccccc1. The molecule has 2 nitrogen and oxygen atoms in total. The van der Waals surface area contributed by atoms with Crippen LogP contribution in [0.1, 0.15) is 64.0 Å². The molecule has 0 aliphatic rings. The van der Waals surface area contributed by atoms with Crippen molar-refractivity contribution in [3.63, 3.8) is 0 Å². The van der Waals surface area contributed by atoms with Gasteiger partial charge < -0.3 is 11.5 Å². The third-order valence-corrected chi connectivity index (χ3v) is 5.74. The van der Waals surface area contributed by atoms with Crippen LogP contribution in [0, 0.1) is 5.92 Å². The molecule has 0 amide bonds. The van der Waals surface area contributed by atoms with Crippen LogP contribution in [0.2, 0.25) is 0 Å². The summed E-state index contributed by atoms with van der Waals surface area (Å²) in [7, 11) is 0. The van der Waals surface area contributed by atoms with Gasteiger partial charge in [-0.25, -0.2) is 0 Å². The molecule has 0 aromatic heterocycles. The number of nitrogens with two attached hydrogens (primary N) is 2. The summed E-state index contributed by atoms with van der Waals surface area (Å²) in [5.41, 5.74) is 15.3. The van der Waals surface area contributed by atoms with Crippen LogP contribution in [0.5, 0.6) is 0 Å². The highest BCUT2D eigenvalue weighted by atomic mass is 14.8. The van der Waals surface area contributed by atoms with Crippen molar-refractivity contribution in [3.05, 3.63) is 71.8 Å². The van der Waals surface area contributed by atoms with Crippen LogP contribution in [0.15, 0.2) is 60.7 Å². The zero-order valence-electron chi connectivity index (χ0n) is 16.7. The van der Waals surface area contributed by atoms with Gasteiger partial charge >= 0.3 is 0 Å². The molecule has 0 bridgehead atoms. The van der Waals surface area contributed by atoms with Gasteiger partial charge in [-0.15, -0.1) is 0 Å². The summed E-state index contributed by atoms with van der Waals surface area (Å²) in [6, 6.07) is 21.4. The summed E-state index contributed by atoms with van der Waals surface area (Å²) in [6.07, 6.45) is 6.07. The van der Waals surface area contributed by atoms with Crippen molar-refractivity contribution < 1.29 is 0 Å². The van der Waals surface area contributed by atoms with Crippen molar-refractivity contribution in [2.45, 2.75) is 63.8 Å². The Bertz CT molecular complexity index is 589. The second-order valence-corrected chi connectivity index (χ2v) is 8.13. The van der Waals surface area contributed by atoms with Gasteiger partial charge in [0.15, 0.2) is 0 Å². The van der Waals surface area contributed by atoms with Crippen LogP contribution in [-0.4, -0.2) is 12.1 Å². The fraction of sp³-hybridized carbons (Fsp3) is 0.500. The summed E-state index contributed by atoms with van der Waals surface area (Å²) in [5.74, 6) is 0.265. The second kappa shape index (κ2) is 9.34. The Labute approximate surface area is 160 Å². The predicted octanol–water partition coefficient (Wildman–Crippen LogP) is 5.26. The van der Waals surface area contributed by atoms with Crippen molar-refractivity contribution in [3.8, 4) is 0 Å². The number of unbranched alkanes of at least 4 members (excludes halogenated alkanes) is 3. The predicted molar refractivity (Wildman–Crippen MR) is 113 cm³/mol. The topological polar surface area (TPSA) is 52.0 Å². The van der Waals surface area contributed by atoms with Crippen molar-refractivity contribution in [1.82, 2.24) is 0 Å². The average molecular weight is 353 g/mol. The van der Waals surface area contributed by atoms with Gasteiger partial charge in [0.05, 0.1) is 0 Å². The van der Waals surface area contributed by atoms with E-state index in [-0.39, 0.29) is 16.9 Å². The highest BCUT2D eigenvalue weighted by Gasteiger charge is 2.46. The van der Waals surface area contributed by atoms with Crippen LogP contribution in [0.3, 0.4) is 0 Å². The number of rotatable bonds is 10. The Morgan fingerprint density at radius 3 is 1.69 bits per heavy atom. The number of hydrogen-bond acceptors (Lipinski definition) is 2. The fourth-order valence-corrected chi connectivity index (χ4v) is 4.45. The molecule has 0 radical (unpaired) electrons. The van der Waals surface area contributed by atoms with Gasteiger partial charge in [-0.1, -0.05) is 93.3 Å². The molecule has 0 saturated carbocycles. The van der Waals surface area contributed by atoms with Crippen LogP contribution in [0.25, 0.3) is 0 Å². The van der Waals surface area contributed by atoms with Gasteiger partial charge in [-0.3, -0.25) is 0 Å². The van der Waals surface area contributed by atoms with Gasteiger partial charge in [0.1, 0.15) is 0 Å². The van der Waals surface area contributed by atoms with Crippen molar-refractivity contribution in [1.29, 1.82) is 0 Å². The van der Waals surface area contributed by atoms with E-state index < -0.39 is 0 Å². The molecule has 0 aliphatic heterocycles. The zero-order chi connectivity index (χ0) is 19.0. The molecular formula is C24H36N2. The Hall–Kier alpha value is -1.64. The fourth-order valence-electron chi connectivity index (χ4n) is 4.45. The lowest BCUT2D eigenvalue weighted by Crippen LogP contribution is -2.55. The minimum atomic E-state index is -0.322. The molecule has 0 fully saturated rings. The average Bonchev–Trinajstić information content (AvgIpc) is 2.65. The van der Waals surface area contributed by atoms with Crippen LogP contribution in [0.4, 0.5) is 0 Å². The lowest BCUT2D eigenvalue weighted by molar-refractivity contribution is 0.192. The van der Waals surface area contributed by atoms with E-state index in [1.807, 2.05) is 0 Å². The van der Waals surface area contributed by atoms with Crippen LogP contribution >= 0.6 is 0 Å². The standard InChI is InChI=1S/C24H36N2/c1-4-5-6-13-18-22(23(2,3)26)24(19-25,20-14-9-7-10-15-20)21-16-11-8-12-17-21/h7-12,14-17,22H,4-6,13,18-19,25-26H2,1-3H3. The summed E-state index contributed by atoms with van der Waals surface area (Å²) in [4.78, 5) is 0. The van der Waals surface area contributed by atoms with Crippen molar-refractivity contribution in [2.75, 3.05) is 6.54 Å². The molecule has 2 heteroatoms. The quantitative estimate of drug-likeness (QED) is 0.573. The number of benzene rings is 2. The lowest BCUT2D eigenvalue weighted by atomic mass is 9.59. The molecule has 2 aromatic rings. The molecule has 0 aliphatic carbocycles. The van der Waals surface area contributed by atoms with Gasteiger partial charge in [0, 0.05) is 17.5 Å². The molecule has 0 heterocycles. The van der Waals surface area contributed by atoms with E-state index in [2.05, 4.69) is 81.4 Å². The summed E-state index contributed by atoms with van der Waals surface area (Å²) < 4.78 is 0. The maximum Gasteiger partial charge on any atom is 0.0370 e. The third kappa shape index (κ3) is 4.55.